The molecule has 2 heterocycles. The van der Waals surface area contributed by atoms with Gasteiger partial charge in [-0.15, -0.1) is 0 Å². The number of carbonyl (C=O) groups excluding carboxylic acids is 2. The molecule has 0 bridgehead atoms. The molecule has 1 aromatic carbocycles. The van der Waals surface area contributed by atoms with Gasteiger partial charge in [0.15, 0.2) is 0 Å². The second-order valence-corrected chi connectivity index (χ2v) is 7.33. The van der Waals surface area contributed by atoms with E-state index in [9.17, 15) is 9.59 Å². The van der Waals surface area contributed by atoms with E-state index in [4.69, 9.17) is 0 Å². The zero-order chi connectivity index (χ0) is 17.6. The summed E-state index contributed by atoms with van der Waals surface area (Å²) in [6, 6.07) is 10.6. The van der Waals surface area contributed by atoms with Gasteiger partial charge in [0, 0.05) is 38.6 Å². The van der Waals surface area contributed by atoms with E-state index in [1.807, 2.05) is 30.3 Å². The number of benzene rings is 1. The molecule has 0 spiro atoms. The van der Waals surface area contributed by atoms with Crippen LogP contribution in [0.2, 0.25) is 0 Å². The number of hydrogen-bond acceptors (Lipinski definition) is 3. The Labute approximate surface area is 150 Å². The van der Waals surface area contributed by atoms with Crippen LogP contribution in [0.1, 0.15) is 38.2 Å². The van der Waals surface area contributed by atoms with Crippen LogP contribution in [0.4, 0.5) is 0 Å². The first-order chi connectivity index (χ1) is 12.1. The Morgan fingerprint density at radius 2 is 2.04 bits per heavy atom. The molecule has 0 aliphatic carbocycles. The maximum absolute atomic E-state index is 12.4. The highest BCUT2D eigenvalue weighted by Gasteiger charge is 2.34. The molecular formula is C20H29N3O2. The van der Waals surface area contributed by atoms with E-state index in [1.165, 1.54) is 19.3 Å². The van der Waals surface area contributed by atoms with E-state index in [0.717, 1.165) is 18.7 Å². The molecular weight excluding hydrogens is 314 g/mol. The van der Waals surface area contributed by atoms with Crippen LogP contribution < -0.4 is 5.32 Å². The summed E-state index contributed by atoms with van der Waals surface area (Å²) in [7, 11) is 0. The highest BCUT2D eigenvalue weighted by atomic mass is 16.2. The van der Waals surface area contributed by atoms with Gasteiger partial charge in [0.2, 0.25) is 11.8 Å². The maximum atomic E-state index is 12.4. The monoisotopic (exact) mass is 343 g/mol. The summed E-state index contributed by atoms with van der Waals surface area (Å²) in [5.74, 6) is -0.114. The number of likely N-dealkylation sites (tertiary alicyclic amines) is 2. The predicted molar refractivity (Wildman–Crippen MR) is 97.9 cm³/mol. The van der Waals surface area contributed by atoms with E-state index < -0.39 is 0 Å². The van der Waals surface area contributed by atoms with Crippen molar-refractivity contribution < 1.29 is 9.59 Å². The molecule has 2 amide bonds. The molecule has 136 valence electrons. The fourth-order valence-corrected chi connectivity index (χ4v) is 3.86. The van der Waals surface area contributed by atoms with Gasteiger partial charge in [-0.25, -0.2) is 0 Å². The van der Waals surface area contributed by atoms with Crippen molar-refractivity contribution in [3.8, 4) is 0 Å². The predicted octanol–water partition coefficient (Wildman–Crippen LogP) is 2.03. The van der Waals surface area contributed by atoms with Crippen LogP contribution in [-0.2, 0) is 16.1 Å². The van der Waals surface area contributed by atoms with Crippen molar-refractivity contribution >= 4 is 11.8 Å². The average molecular weight is 343 g/mol. The van der Waals surface area contributed by atoms with Gasteiger partial charge in [-0.2, -0.15) is 0 Å². The summed E-state index contributed by atoms with van der Waals surface area (Å²) < 4.78 is 0. The standard InChI is InChI=1S/C20H29N3O2/c1-16-7-5-6-11-22(16)12-10-21-20(25)18-13-19(24)23(15-18)14-17-8-3-2-4-9-17/h2-4,8-9,16,18H,5-7,10-15H2,1H3,(H,21,25)/t16-,18+/m0/s1. The Kier molecular flexibility index (Phi) is 6.08. The van der Waals surface area contributed by atoms with Crippen LogP contribution in [0.5, 0.6) is 0 Å². The van der Waals surface area contributed by atoms with Gasteiger partial charge in [-0.1, -0.05) is 36.8 Å². The largest absolute Gasteiger partial charge is 0.355 e. The SMILES string of the molecule is C[C@H]1CCCCN1CCNC(=O)[C@@H]1CC(=O)N(Cc2ccccc2)C1. The van der Waals surface area contributed by atoms with Crippen molar-refractivity contribution in [3.05, 3.63) is 35.9 Å². The first-order valence-corrected chi connectivity index (χ1v) is 9.47. The van der Waals surface area contributed by atoms with Crippen LogP contribution >= 0.6 is 0 Å². The number of nitrogens with one attached hydrogen (secondary N) is 1. The molecule has 0 aromatic heterocycles. The fraction of sp³-hybridized carbons (Fsp3) is 0.600. The minimum Gasteiger partial charge on any atom is -0.355 e. The van der Waals surface area contributed by atoms with Crippen molar-refractivity contribution in [1.82, 2.24) is 15.1 Å². The Bertz CT molecular complexity index is 590. The summed E-state index contributed by atoms with van der Waals surface area (Å²) in [6.45, 7) is 6.09. The average Bonchev–Trinajstić information content (AvgIpc) is 2.98. The number of carbonyl (C=O) groups is 2. The van der Waals surface area contributed by atoms with Gasteiger partial charge in [0.25, 0.3) is 0 Å². The van der Waals surface area contributed by atoms with Crippen LogP contribution in [0.25, 0.3) is 0 Å². The van der Waals surface area contributed by atoms with E-state index in [-0.39, 0.29) is 17.7 Å². The molecule has 2 aliphatic heterocycles. The fourth-order valence-electron chi connectivity index (χ4n) is 3.86. The zero-order valence-corrected chi connectivity index (χ0v) is 15.1. The summed E-state index contributed by atoms with van der Waals surface area (Å²) >= 11 is 0. The summed E-state index contributed by atoms with van der Waals surface area (Å²) in [4.78, 5) is 28.8. The minimum atomic E-state index is -0.213. The number of amides is 2. The summed E-state index contributed by atoms with van der Waals surface area (Å²) in [5.41, 5.74) is 1.11. The second kappa shape index (κ2) is 8.48. The van der Waals surface area contributed by atoms with Crippen LogP contribution in [0, 0.1) is 5.92 Å². The van der Waals surface area contributed by atoms with Crippen molar-refractivity contribution in [2.24, 2.45) is 5.92 Å². The number of hydrogen-bond donors (Lipinski definition) is 1. The molecule has 2 atom stereocenters. The van der Waals surface area contributed by atoms with Crippen LogP contribution in [0.15, 0.2) is 30.3 Å². The molecule has 3 rings (SSSR count). The van der Waals surface area contributed by atoms with Crippen LogP contribution in [0.3, 0.4) is 0 Å². The highest BCUT2D eigenvalue weighted by Crippen LogP contribution is 2.20. The van der Waals surface area contributed by atoms with Gasteiger partial charge < -0.3 is 10.2 Å². The molecule has 5 heteroatoms. The second-order valence-electron chi connectivity index (χ2n) is 7.33. The number of piperidine rings is 1. The molecule has 25 heavy (non-hydrogen) atoms. The number of rotatable bonds is 6. The van der Waals surface area contributed by atoms with Crippen molar-refractivity contribution in [2.75, 3.05) is 26.2 Å². The van der Waals surface area contributed by atoms with Gasteiger partial charge in [-0.3, -0.25) is 14.5 Å². The first kappa shape index (κ1) is 17.9. The number of nitrogens with zero attached hydrogens (tertiary/aromatic N) is 2. The molecule has 2 aliphatic rings. The first-order valence-electron chi connectivity index (χ1n) is 9.47. The van der Waals surface area contributed by atoms with E-state index in [2.05, 4.69) is 17.1 Å². The zero-order valence-electron chi connectivity index (χ0n) is 15.1. The van der Waals surface area contributed by atoms with Gasteiger partial charge in [0.05, 0.1) is 5.92 Å². The Balaban J connectivity index is 1.43. The maximum Gasteiger partial charge on any atom is 0.225 e. The quantitative estimate of drug-likeness (QED) is 0.860. The smallest absolute Gasteiger partial charge is 0.225 e. The molecule has 2 fully saturated rings. The van der Waals surface area contributed by atoms with Crippen molar-refractivity contribution in [2.45, 2.75) is 45.2 Å². The van der Waals surface area contributed by atoms with E-state index >= 15 is 0 Å². The molecule has 0 unspecified atom stereocenters. The molecule has 1 aromatic rings. The third-order valence-electron chi connectivity index (χ3n) is 5.44. The highest BCUT2D eigenvalue weighted by molar-refractivity contribution is 5.89. The third kappa shape index (κ3) is 4.82. The topological polar surface area (TPSA) is 52.7 Å². The van der Waals surface area contributed by atoms with Gasteiger partial charge in [-0.05, 0) is 31.9 Å². The summed E-state index contributed by atoms with van der Waals surface area (Å²) in [6.07, 6.45) is 4.15. The third-order valence-corrected chi connectivity index (χ3v) is 5.44. The lowest BCUT2D eigenvalue weighted by molar-refractivity contribution is -0.129. The normalized spacial score (nSPS) is 24.5. The minimum absolute atomic E-state index is 0.0218. The summed E-state index contributed by atoms with van der Waals surface area (Å²) in [5, 5.41) is 3.04. The van der Waals surface area contributed by atoms with Crippen molar-refractivity contribution in [1.29, 1.82) is 0 Å². The molecule has 5 nitrogen and oxygen atoms in total. The molecule has 2 saturated heterocycles. The molecule has 0 saturated carbocycles. The Morgan fingerprint density at radius 3 is 2.80 bits per heavy atom. The van der Waals surface area contributed by atoms with Crippen molar-refractivity contribution in [3.63, 3.8) is 0 Å². The Hall–Kier alpha value is -1.88. The Morgan fingerprint density at radius 1 is 1.24 bits per heavy atom. The molecule has 0 radical (unpaired) electrons. The van der Waals surface area contributed by atoms with E-state index in [1.54, 1.807) is 4.90 Å². The van der Waals surface area contributed by atoms with Crippen LogP contribution in [-0.4, -0.2) is 53.8 Å². The lowest BCUT2D eigenvalue weighted by Gasteiger charge is -2.33. The van der Waals surface area contributed by atoms with E-state index in [0.29, 0.717) is 32.1 Å². The van der Waals surface area contributed by atoms with Gasteiger partial charge >= 0.3 is 0 Å². The van der Waals surface area contributed by atoms with Gasteiger partial charge in [0.1, 0.15) is 0 Å². The lowest BCUT2D eigenvalue weighted by Crippen LogP contribution is -2.43. The lowest BCUT2D eigenvalue weighted by atomic mass is 10.0. The molecule has 1 N–H and O–H groups in total.